The number of aliphatic carboxylic acids is 2. The largest absolute Gasteiger partial charge is 0.481 e. The van der Waals surface area contributed by atoms with Gasteiger partial charge in [-0.1, -0.05) is 89.9 Å². The highest BCUT2D eigenvalue weighted by Crippen LogP contribution is 2.14. The number of ether oxygens (including phenoxy) is 4. The lowest BCUT2D eigenvalue weighted by molar-refractivity contribution is -0.142. The van der Waals surface area contributed by atoms with Crippen molar-refractivity contribution in [2.45, 2.75) is 142 Å². The third-order valence-electron chi connectivity index (χ3n) is 8.44. The number of hydrogen-bond acceptors (Lipinski definition) is 13. The topological polar surface area (TPSA) is 249 Å². The Kier molecular flexibility index (Phi) is 44.6. The minimum Gasteiger partial charge on any atom is -0.481 e. The Morgan fingerprint density at radius 1 is 0.517 bits per heavy atom. The van der Waals surface area contributed by atoms with Gasteiger partial charge < -0.3 is 50.4 Å². The number of nitrogens with one attached hydrogen (secondary N) is 5. The molecule has 0 saturated carbocycles. The van der Waals surface area contributed by atoms with Gasteiger partial charge in [-0.05, 0) is 37.6 Å². The van der Waals surface area contributed by atoms with E-state index in [2.05, 4.69) is 43.7 Å². The smallest absolute Gasteiger partial charge is 0.326 e. The molecule has 60 heavy (non-hydrogen) atoms. The molecule has 7 N–H and O–H groups in total. The van der Waals surface area contributed by atoms with Crippen LogP contribution in [0.2, 0.25) is 0 Å². The minimum atomic E-state index is -1.19. The number of amides is 4. The van der Waals surface area contributed by atoms with Gasteiger partial charge in [0.2, 0.25) is 23.6 Å². The zero-order valence-corrected chi connectivity index (χ0v) is 37.0. The van der Waals surface area contributed by atoms with Crippen LogP contribution in [-0.2, 0) is 52.7 Å². The van der Waals surface area contributed by atoms with Crippen molar-refractivity contribution < 1.29 is 67.4 Å². The maximum Gasteiger partial charge on any atom is 0.326 e. The number of halogens is 1. The summed E-state index contributed by atoms with van der Waals surface area (Å²) in [7, 11) is 0. The first kappa shape index (κ1) is 59.0. The summed E-state index contributed by atoms with van der Waals surface area (Å²) in [5.74, 6) is -3.33. The van der Waals surface area contributed by atoms with Gasteiger partial charge in [-0.25, -0.2) is 4.79 Å². The molecule has 20 heteroatoms. The molecule has 0 aliphatic carbocycles. The molecule has 352 valence electrons. The molecule has 0 fully saturated rings. The van der Waals surface area contributed by atoms with Crippen molar-refractivity contribution in [3.8, 4) is 0 Å². The van der Waals surface area contributed by atoms with Crippen LogP contribution < -0.4 is 26.0 Å². The van der Waals surface area contributed by atoms with Gasteiger partial charge in [-0.2, -0.15) is 4.94 Å². The lowest BCUT2D eigenvalue weighted by Gasteiger charge is -2.14. The molecule has 0 saturated heterocycles. The van der Waals surface area contributed by atoms with Crippen LogP contribution >= 0.6 is 12.8 Å². The third-order valence-corrected chi connectivity index (χ3v) is 8.96. The molecule has 4 amide bonds. The highest BCUT2D eigenvalue weighted by atomic mass is 32.1. The molecule has 0 aromatic rings. The summed E-state index contributed by atoms with van der Waals surface area (Å²) >= 11 is 3.77. The molecule has 0 aromatic carbocycles. The van der Waals surface area contributed by atoms with Gasteiger partial charge in [-0.15, -0.1) is 0 Å². The molecule has 0 aliphatic rings. The summed E-state index contributed by atoms with van der Waals surface area (Å²) in [6, 6.07) is -0.644. The molecule has 0 bridgehead atoms. The first-order chi connectivity index (χ1) is 28.9. The van der Waals surface area contributed by atoms with Gasteiger partial charge in [0.05, 0.1) is 39.6 Å². The molecule has 1 atom stereocenters. The second-order valence-electron chi connectivity index (χ2n) is 14.3. The van der Waals surface area contributed by atoms with Gasteiger partial charge in [0.25, 0.3) is 0 Å². The summed E-state index contributed by atoms with van der Waals surface area (Å²) in [4.78, 5) is 73.0. The Labute approximate surface area is 361 Å². The van der Waals surface area contributed by atoms with Crippen LogP contribution in [0.4, 0.5) is 4.53 Å². The normalized spacial score (nSPS) is 11.3. The standard InChI is InChI=1S/C37H67FN4O13.C3H9NS/c38-55-24-21-41-35(46)30-54-28-26-52-23-20-40-34(45)29-53-27-25-51-22-19-39-32(43)18-17-31(37(49)50)42-33(44)15-13-11-9-7-5-3-1-2-4-6-8-10-12-14-16-36(47)48;1-3(2)4-5/h31H,1-30H2,(H,39,43)(H,40,45)(H,41,46)(H,42,44)(H,47,48)(H,49,50);3-5H,1-2H3. The maximum absolute atomic E-state index is 12.3. The van der Waals surface area contributed by atoms with Crippen molar-refractivity contribution in [2.24, 2.45) is 0 Å². The van der Waals surface area contributed by atoms with Gasteiger partial charge in [0.15, 0.2) is 0 Å². The van der Waals surface area contributed by atoms with E-state index in [4.69, 9.17) is 24.1 Å². The second-order valence-corrected chi connectivity index (χ2v) is 14.6. The average Bonchev–Trinajstić information content (AvgIpc) is 3.21. The number of carbonyl (C=O) groups excluding carboxylic acids is 4. The van der Waals surface area contributed by atoms with Crippen LogP contribution in [0.1, 0.15) is 129 Å². The number of carbonyl (C=O) groups is 6. The van der Waals surface area contributed by atoms with Crippen LogP contribution in [0, 0.1) is 0 Å². The summed E-state index contributed by atoms with van der Waals surface area (Å²) in [6.45, 7) is 5.17. The van der Waals surface area contributed by atoms with E-state index in [-0.39, 0.29) is 123 Å². The number of carboxylic acid groups (broad SMARTS) is 2. The second kappa shape index (κ2) is 45.4. The summed E-state index contributed by atoms with van der Waals surface area (Å²) in [5.41, 5.74) is 0. The molecule has 0 spiro atoms. The van der Waals surface area contributed by atoms with E-state index >= 15 is 0 Å². The third kappa shape index (κ3) is 47.5. The zero-order chi connectivity index (χ0) is 44.9. The van der Waals surface area contributed by atoms with Crippen LogP contribution in [0.25, 0.3) is 0 Å². The Morgan fingerprint density at radius 3 is 1.30 bits per heavy atom. The first-order valence-corrected chi connectivity index (χ1v) is 21.9. The van der Waals surface area contributed by atoms with E-state index in [0.717, 1.165) is 38.5 Å². The van der Waals surface area contributed by atoms with E-state index in [0.29, 0.717) is 12.5 Å². The van der Waals surface area contributed by atoms with Gasteiger partial charge >= 0.3 is 11.9 Å². The summed E-state index contributed by atoms with van der Waals surface area (Å²) in [5, 5.41) is 28.3. The molecular weight excluding hydrogens is 810 g/mol. The molecule has 0 aliphatic heterocycles. The lowest BCUT2D eigenvalue weighted by atomic mass is 10.0. The first-order valence-electron chi connectivity index (χ1n) is 21.4. The van der Waals surface area contributed by atoms with Crippen LogP contribution in [0.5, 0.6) is 0 Å². The number of carboxylic acids is 2. The van der Waals surface area contributed by atoms with Gasteiger partial charge in [-0.3, -0.25) is 28.7 Å². The summed E-state index contributed by atoms with van der Waals surface area (Å²) < 4.78 is 35.2. The van der Waals surface area contributed by atoms with Crippen molar-refractivity contribution in [3.63, 3.8) is 0 Å². The van der Waals surface area contributed by atoms with Crippen molar-refractivity contribution in [1.29, 1.82) is 0 Å². The van der Waals surface area contributed by atoms with Gasteiger partial charge in [0.1, 0.15) is 25.9 Å². The number of rotatable bonds is 42. The van der Waals surface area contributed by atoms with Gasteiger partial charge in [0, 0.05) is 44.9 Å². The van der Waals surface area contributed by atoms with Crippen molar-refractivity contribution >= 4 is 48.4 Å². The highest BCUT2D eigenvalue weighted by Gasteiger charge is 2.20. The highest BCUT2D eigenvalue weighted by molar-refractivity contribution is 7.78. The minimum absolute atomic E-state index is 0.0296. The van der Waals surface area contributed by atoms with E-state index in [1.165, 1.54) is 44.9 Å². The van der Waals surface area contributed by atoms with Crippen molar-refractivity contribution in [1.82, 2.24) is 26.0 Å². The van der Waals surface area contributed by atoms with Crippen molar-refractivity contribution in [2.75, 3.05) is 79.1 Å². The van der Waals surface area contributed by atoms with Crippen LogP contribution in [0.3, 0.4) is 0 Å². The fourth-order valence-electron chi connectivity index (χ4n) is 5.20. The number of hydrogen-bond donors (Lipinski definition) is 8. The fraction of sp³-hybridized carbons (Fsp3) is 0.850. The molecule has 0 rings (SSSR count). The molecule has 18 nitrogen and oxygen atoms in total. The van der Waals surface area contributed by atoms with Crippen LogP contribution in [0.15, 0.2) is 0 Å². The lowest BCUT2D eigenvalue weighted by Crippen LogP contribution is -2.41. The Morgan fingerprint density at radius 2 is 0.900 bits per heavy atom. The molecule has 0 radical (unpaired) electrons. The fourth-order valence-corrected chi connectivity index (χ4v) is 5.20. The predicted octanol–water partition coefficient (Wildman–Crippen LogP) is 3.81. The average molecular weight is 886 g/mol. The Balaban J connectivity index is 0. The monoisotopic (exact) mass is 886 g/mol. The maximum atomic E-state index is 12.3. The van der Waals surface area contributed by atoms with Crippen LogP contribution in [-0.4, -0.2) is 137 Å². The quantitative estimate of drug-likeness (QED) is 0.0321. The van der Waals surface area contributed by atoms with E-state index in [1.54, 1.807) is 0 Å². The van der Waals surface area contributed by atoms with E-state index < -0.39 is 23.9 Å². The van der Waals surface area contributed by atoms with Crippen molar-refractivity contribution in [3.05, 3.63) is 0 Å². The number of thiol groups is 1. The SMILES string of the molecule is CC(C)NS.O=C(O)CCCCCCCCCCCCCCCCC(=O)NC(CCC(=O)NCCOCCOCC(=O)NCCOCCOCC(=O)NCCOF)C(=O)O. The molecule has 0 aromatic heterocycles. The zero-order valence-electron chi connectivity index (χ0n) is 36.1. The Bertz CT molecular complexity index is 1100. The van der Waals surface area contributed by atoms with E-state index in [9.17, 15) is 38.4 Å². The molecule has 1 unspecified atom stereocenters. The predicted molar refractivity (Wildman–Crippen MR) is 227 cm³/mol. The van der Waals surface area contributed by atoms with E-state index in [1.807, 2.05) is 13.8 Å². The Hall–Kier alpha value is -3.14. The molecule has 0 heterocycles. The molecular formula is C40H76FN5O13S. The summed E-state index contributed by atoms with van der Waals surface area (Å²) in [6.07, 6.45) is 15.5. The number of unbranched alkanes of at least 4 members (excludes halogenated alkanes) is 13.